The molecule has 2 aromatic rings. The highest BCUT2D eigenvalue weighted by Crippen LogP contribution is 2.15. The van der Waals surface area contributed by atoms with Crippen LogP contribution >= 0.6 is 0 Å². The number of primary amides is 1. The minimum absolute atomic E-state index is 0.140. The van der Waals surface area contributed by atoms with Crippen LogP contribution in [0.2, 0.25) is 0 Å². The van der Waals surface area contributed by atoms with E-state index in [9.17, 15) is 9.59 Å². The normalized spacial score (nSPS) is 17.2. The fraction of sp³-hybridized carbons (Fsp3) is 0.312. The Morgan fingerprint density at radius 1 is 1.35 bits per heavy atom. The molecule has 1 atom stereocenters. The van der Waals surface area contributed by atoms with Gasteiger partial charge in [0.25, 0.3) is 11.8 Å². The van der Waals surface area contributed by atoms with E-state index in [-0.39, 0.29) is 23.3 Å². The van der Waals surface area contributed by atoms with Crippen molar-refractivity contribution in [3.05, 3.63) is 47.8 Å². The summed E-state index contributed by atoms with van der Waals surface area (Å²) in [6, 6.07) is 10.7. The van der Waals surface area contributed by atoms with Crippen LogP contribution in [0, 0.1) is 0 Å². The summed E-state index contributed by atoms with van der Waals surface area (Å²) in [5.41, 5.74) is 6.53. The molecule has 1 unspecified atom stereocenters. The van der Waals surface area contributed by atoms with Gasteiger partial charge in [-0.3, -0.25) is 9.59 Å². The summed E-state index contributed by atoms with van der Waals surface area (Å²) in [5, 5.41) is 7.52. The molecule has 120 valence electrons. The number of carbonyl (C=O) groups excluding carboxylic acids is 2. The molecule has 3 rings (SSSR count). The zero-order valence-corrected chi connectivity index (χ0v) is 12.9. The first kappa shape index (κ1) is 15.2. The number of benzene rings is 1. The average molecular weight is 313 g/mol. The van der Waals surface area contributed by atoms with Crippen LogP contribution in [0.15, 0.2) is 36.4 Å². The van der Waals surface area contributed by atoms with E-state index in [1.54, 1.807) is 24.1 Å². The molecule has 3 N–H and O–H groups in total. The molecule has 1 aliphatic heterocycles. The molecule has 7 nitrogen and oxygen atoms in total. The summed E-state index contributed by atoms with van der Waals surface area (Å²) in [6.45, 7) is 1.66. The van der Waals surface area contributed by atoms with Gasteiger partial charge < -0.3 is 16.0 Å². The van der Waals surface area contributed by atoms with Gasteiger partial charge >= 0.3 is 0 Å². The quantitative estimate of drug-likeness (QED) is 0.855. The highest BCUT2D eigenvalue weighted by Gasteiger charge is 2.27. The molecule has 7 heteroatoms. The summed E-state index contributed by atoms with van der Waals surface area (Å²) < 4.78 is 1.41. The third kappa shape index (κ3) is 2.95. The number of nitrogens with two attached hydrogens (primary N) is 1. The highest BCUT2D eigenvalue weighted by molar-refractivity contribution is 5.97. The van der Waals surface area contributed by atoms with Crippen molar-refractivity contribution in [3.63, 3.8) is 0 Å². The first-order valence-corrected chi connectivity index (χ1v) is 7.51. The molecule has 1 fully saturated rings. The number of nitrogens with one attached hydrogen (secondary N) is 1. The number of hydrogen-bond donors (Lipinski definition) is 2. The lowest BCUT2D eigenvalue weighted by Crippen LogP contribution is -2.38. The zero-order valence-electron chi connectivity index (χ0n) is 12.9. The number of carbonyl (C=O) groups is 2. The Bertz CT molecular complexity index is 719. The van der Waals surface area contributed by atoms with Crippen molar-refractivity contribution in [2.75, 3.05) is 20.1 Å². The number of nitrogens with zero attached hydrogens (tertiary/aromatic N) is 3. The van der Waals surface area contributed by atoms with Crippen LogP contribution in [0.3, 0.4) is 0 Å². The first-order valence-electron chi connectivity index (χ1n) is 7.51. The predicted molar refractivity (Wildman–Crippen MR) is 85.5 cm³/mol. The Hall–Kier alpha value is -2.67. The van der Waals surface area contributed by atoms with Crippen LogP contribution in [0.5, 0.6) is 0 Å². The summed E-state index contributed by atoms with van der Waals surface area (Å²) in [4.78, 5) is 26.0. The lowest BCUT2D eigenvalue weighted by Gasteiger charge is -2.22. The summed E-state index contributed by atoms with van der Waals surface area (Å²) >= 11 is 0. The maximum absolute atomic E-state index is 12.6. The van der Waals surface area contributed by atoms with E-state index >= 15 is 0 Å². The second-order valence-corrected chi connectivity index (χ2v) is 5.59. The van der Waals surface area contributed by atoms with Gasteiger partial charge in [-0.25, -0.2) is 4.68 Å². The molecular weight excluding hydrogens is 294 g/mol. The van der Waals surface area contributed by atoms with Crippen LogP contribution < -0.4 is 11.1 Å². The fourth-order valence-corrected chi connectivity index (χ4v) is 2.74. The molecule has 1 aromatic heterocycles. The summed E-state index contributed by atoms with van der Waals surface area (Å²) in [6.07, 6.45) is 0.907. The molecule has 0 radical (unpaired) electrons. The monoisotopic (exact) mass is 313 g/mol. The van der Waals surface area contributed by atoms with Gasteiger partial charge in [0.1, 0.15) is 5.69 Å². The lowest BCUT2D eigenvalue weighted by molar-refractivity contribution is 0.0737. The fourth-order valence-electron chi connectivity index (χ4n) is 2.74. The molecule has 23 heavy (non-hydrogen) atoms. The van der Waals surface area contributed by atoms with Crippen molar-refractivity contribution in [2.24, 2.45) is 5.73 Å². The molecule has 1 saturated heterocycles. The van der Waals surface area contributed by atoms with E-state index in [4.69, 9.17) is 5.73 Å². The standard InChI is InChI=1S/C16H19N5O2/c1-20(12-7-8-18-10-12)16(23)13-9-14(15(17)22)21(19-13)11-5-3-2-4-6-11/h2-6,9,12,18H,7-8,10H2,1H3,(H2,17,22). The van der Waals surface area contributed by atoms with Gasteiger partial charge in [0.15, 0.2) is 5.69 Å². The third-order valence-electron chi connectivity index (χ3n) is 4.08. The van der Waals surface area contributed by atoms with Crippen molar-refractivity contribution in [2.45, 2.75) is 12.5 Å². The highest BCUT2D eigenvalue weighted by atomic mass is 16.2. The van der Waals surface area contributed by atoms with Gasteiger partial charge in [0.05, 0.1) is 5.69 Å². The first-order chi connectivity index (χ1) is 11.1. The Morgan fingerprint density at radius 2 is 2.09 bits per heavy atom. The molecule has 0 aliphatic carbocycles. The Morgan fingerprint density at radius 3 is 2.70 bits per heavy atom. The van der Waals surface area contributed by atoms with Crippen LogP contribution in [-0.4, -0.2) is 52.7 Å². The van der Waals surface area contributed by atoms with Crippen molar-refractivity contribution in [1.29, 1.82) is 0 Å². The van der Waals surface area contributed by atoms with Crippen LogP contribution in [0.25, 0.3) is 5.69 Å². The van der Waals surface area contributed by atoms with Gasteiger partial charge in [0.2, 0.25) is 0 Å². The predicted octanol–water partition coefficient (Wildman–Crippen LogP) is 0.405. The van der Waals surface area contributed by atoms with E-state index in [1.807, 2.05) is 18.2 Å². The minimum atomic E-state index is -0.620. The van der Waals surface area contributed by atoms with Crippen molar-refractivity contribution >= 4 is 11.8 Å². The topological polar surface area (TPSA) is 93.2 Å². The minimum Gasteiger partial charge on any atom is -0.364 e. The Labute approximate surface area is 134 Å². The molecular formula is C16H19N5O2. The van der Waals surface area contributed by atoms with Gasteiger partial charge in [-0.15, -0.1) is 0 Å². The number of amides is 2. The van der Waals surface area contributed by atoms with E-state index in [1.165, 1.54) is 10.7 Å². The van der Waals surface area contributed by atoms with Gasteiger partial charge in [-0.1, -0.05) is 18.2 Å². The summed E-state index contributed by atoms with van der Waals surface area (Å²) in [5.74, 6) is -0.832. The van der Waals surface area contributed by atoms with Crippen LogP contribution in [0.4, 0.5) is 0 Å². The average Bonchev–Trinajstić information content (AvgIpc) is 3.24. The number of likely N-dealkylation sites (N-methyl/N-ethyl adjacent to an activating group) is 1. The molecule has 2 amide bonds. The van der Waals surface area contributed by atoms with E-state index in [0.717, 1.165) is 19.5 Å². The van der Waals surface area contributed by atoms with Gasteiger partial charge in [0, 0.05) is 25.7 Å². The molecule has 1 aromatic carbocycles. The maximum atomic E-state index is 12.6. The Balaban J connectivity index is 1.94. The third-order valence-corrected chi connectivity index (χ3v) is 4.08. The number of hydrogen-bond acceptors (Lipinski definition) is 4. The van der Waals surface area contributed by atoms with E-state index in [0.29, 0.717) is 5.69 Å². The number of para-hydroxylation sites is 1. The van der Waals surface area contributed by atoms with Crippen LogP contribution in [0.1, 0.15) is 27.4 Å². The van der Waals surface area contributed by atoms with Crippen LogP contribution in [-0.2, 0) is 0 Å². The SMILES string of the molecule is CN(C(=O)c1cc(C(N)=O)n(-c2ccccc2)n1)C1CCNC1. The molecule has 1 aliphatic rings. The summed E-state index contributed by atoms with van der Waals surface area (Å²) in [7, 11) is 1.76. The molecule has 2 heterocycles. The van der Waals surface area contributed by atoms with Crippen molar-refractivity contribution in [1.82, 2.24) is 20.0 Å². The molecule has 0 spiro atoms. The zero-order chi connectivity index (χ0) is 16.4. The smallest absolute Gasteiger partial charge is 0.274 e. The van der Waals surface area contributed by atoms with E-state index < -0.39 is 5.91 Å². The van der Waals surface area contributed by atoms with Gasteiger partial charge in [-0.2, -0.15) is 5.10 Å². The second-order valence-electron chi connectivity index (χ2n) is 5.59. The largest absolute Gasteiger partial charge is 0.364 e. The number of rotatable bonds is 4. The second kappa shape index (κ2) is 6.21. The van der Waals surface area contributed by atoms with Gasteiger partial charge in [-0.05, 0) is 25.1 Å². The maximum Gasteiger partial charge on any atom is 0.274 e. The van der Waals surface area contributed by atoms with E-state index in [2.05, 4.69) is 10.4 Å². The lowest BCUT2D eigenvalue weighted by atomic mass is 10.2. The number of aromatic nitrogens is 2. The molecule has 0 bridgehead atoms. The van der Waals surface area contributed by atoms with Crippen molar-refractivity contribution < 1.29 is 9.59 Å². The van der Waals surface area contributed by atoms with Crippen molar-refractivity contribution in [3.8, 4) is 5.69 Å². The Kier molecular flexibility index (Phi) is 4.12. The molecule has 0 saturated carbocycles.